The first-order valence-corrected chi connectivity index (χ1v) is 9.39. The second-order valence-corrected chi connectivity index (χ2v) is 6.81. The van der Waals surface area contributed by atoms with Crippen LogP contribution in [0, 0.1) is 0 Å². The van der Waals surface area contributed by atoms with Crippen LogP contribution < -0.4 is 5.32 Å². The molecule has 3 aromatic heterocycles. The maximum Gasteiger partial charge on any atom is 0.258 e. The highest BCUT2D eigenvalue weighted by Gasteiger charge is 2.14. The molecule has 0 aliphatic carbocycles. The molecule has 7 heteroatoms. The maximum absolute atomic E-state index is 12.8. The minimum atomic E-state index is -0.174. The number of hydrogen-bond acceptors (Lipinski definition) is 5. The fourth-order valence-corrected chi connectivity index (χ4v) is 3.63. The number of ether oxygens (including phenoxy) is 1. The Balaban J connectivity index is 1.57. The summed E-state index contributed by atoms with van der Waals surface area (Å²) in [6.07, 6.45) is 3.70. The average Bonchev–Trinajstić information content (AvgIpc) is 3.34. The smallest absolute Gasteiger partial charge is 0.258 e. The summed E-state index contributed by atoms with van der Waals surface area (Å²) >= 11 is 1.38. The lowest BCUT2D eigenvalue weighted by Gasteiger charge is -2.07. The second-order valence-electron chi connectivity index (χ2n) is 5.95. The summed E-state index contributed by atoms with van der Waals surface area (Å²) in [5.74, 6) is -0.174. The van der Waals surface area contributed by atoms with Gasteiger partial charge in [-0.25, -0.2) is 4.98 Å². The first-order valence-electron chi connectivity index (χ1n) is 8.51. The van der Waals surface area contributed by atoms with E-state index in [-0.39, 0.29) is 5.91 Å². The zero-order valence-electron chi connectivity index (χ0n) is 14.8. The van der Waals surface area contributed by atoms with Gasteiger partial charge < -0.3 is 9.30 Å². The van der Waals surface area contributed by atoms with Crippen molar-refractivity contribution in [1.82, 2.24) is 14.5 Å². The third-order valence-electron chi connectivity index (χ3n) is 4.25. The topological polar surface area (TPSA) is 69.0 Å². The number of thiazole rings is 1. The molecular weight excluding hydrogens is 360 g/mol. The molecule has 1 N–H and O–H groups in total. The van der Waals surface area contributed by atoms with Crippen LogP contribution in [0.3, 0.4) is 0 Å². The van der Waals surface area contributed by atoms with Crippen molar-refractivity contribution in [2.45, 2.75) is 6.54 Å². The molecule has 6 nitrogen and oxygen atoms in total. The van der Waals surface area contributed by atoms with Crippen LogP contribution in [-0.2, 0) is 11.3 Å². The van der Waals surface area contributed by atoms with Gasteiger partial charge in [0.25, 0.3) is 5.91 Å². The first-order chi connectivity index (χ1) is 13.3. The first kappa shape index (κ1) is 17.4. The highest BCUT2D eigenvalue weighted by Crippen LogP contribution is 2.25. The van der Waals surface area contributed by atoms with E-state index in [0.717, 1.165) is 28.8 Å². The molecule has 0 spiro atoms. The molecule has 4 rings (SSSR count). The number of rotatable bonds is 6. The van der Waals surface area contributed by atoms with Gasteiger partial charge in [0.05, 0.1) is 12.3 Å². The van der Waals surface area contributed by atoms with Crippen molar-refractivity contribution in [2.75, 3.05) is 19.0 Å². The Morgan fingerprint density at radius 3 is 2.93 bits per heavy atom. The van der Waals surface area contributed by atoms with Crippen molar-refractivity contribution in [3.8, 4) is 11.4 Å². The van der Waals surface area contributed by atoms with Gasteiger partial charge in [-0.2, -0.15) is 0 Å². The van der Waals surface area contributed by atoms with Crippen LogP contribution in [0.5, 0.6) is 0 Å². The number of methoxy groups -OCH3 is 1. The van der Waals surface area contributed by atoms with Crippen LogP contribution in [0.25, 0.3) is 22.3 Å². The molecule has 136 valence electrons. The molecule has 27 heavy (non-hydrogen) atoms. The van der Waals surface area contributed by atoms with Crippen LogP contribution in [0.2, 0.25) is 0 Å². The van der Waals surface area contributed by atoms with Crippen molar-refractivity contribution in [2.24, 2.45) is 0 Å². The summed E-state index contributed by atoms with van der Waals surface area (Å²) < 4.78 is 7.23. The number of hydrogen-bond donors (Lipinski definition) is 1. The fraction of sp³-hybridized carbons (Fsp3) is 0.150. The van der Waals surface area contributed by atoms with Gasteiger partial charge in [-0.05, 0) is 30.3 Å². The predicted molar refractivity (Wildman–Crippen MR) is 107 cm³/mol. The van der Waals surface area contributed by atoms with Gasteiger partial charge in [-0.1, -0.05) is 12.1 Å². The Bertz CT molecular complexity index is 1070. The van der Waals surface area contributed by atoms with Gasteiger partial charge in [-0.3, -0.25) is 15.1 Å². The van der Waals surface area contributed by atoms with Gasteiger partial charge in [-0.15, -0.1) is 11.3 Å². The molecule has 0 aliphatic rings. The summed E-state index contributed by atoms with van der Waals surface area (Å²) in [6, 6.07) is 13.3. The molecule has 0 bridgehead atoms. The number of fused-ring (bicyclic) bond motifs is 1. The number of nitrogens with zero attached hydrogens (tertiary/aromatic N) is 3. The molecular formula is C20H18N4O2S. The van der Waals surface area contributed by atoms with Crippen molar-refractivity contribution >= 4 is 33.3 Å². The van der Waals surface area contributed by atoms with Gasteiger partial charge in [0.15, 0.2) is 5.13 Å². The van der Waals surface area contributed by atoms with E-state index in [1.807, 2.05) is 54.0 Å². The van der Waals surface area contributed by atoms with E-state index in [4.69, 9.17) is 4.74 Å². The third-order valence-corrected chi connectivity index (χ3v) is 5.00. The van der Waals surface area contributed by atoms with Crippen molar-refractivity contribution in [1.29, 1.82) is 0 Å². The fourth-order valence-electron chi connectivity index (χ4n) is 2.93. The number of anilines is 1. The molecule has 0 saturated carbocycles. The third kappa shape index (κ3) is 3.60. The van der Waals surface area contributed by atoms with Crippen molar-refractivity contribution in [3.63, 3.8) is 0 Å². The van der Waals surface area contributed by atoms with E-state index in [1.165, 1.54) is 11.3 Å². The molecule has 0 radical (unpaired) electrons. The lowest BCUT2D eigenvalue weighted by molar-refractivity contribution is 0.102. The van der Waals surface area contributed by atoms with E-state index in [2.05, 4.69) is 19.9 Å². The van der Waals surface area contributed by atoms with Crippen molar-refractivity contribution in [3.05, 3.63) is 65.8 Å². The molecule has 3 heterocycles. The van der Waals surface area contributed by atoms with Gasteiger partial charge in [0.2, 0.25) is 0 Å². The number of carbonyl (C=O) groups is 1. The Kier molecular flexibility index (Phi) is 4.95. The standard InChI is InChI=1S/C20H18N4O2S/c1-26-12-11-24-10-8-14-15(5-4-7-18(14)24)19(25)23-20-22-17(13-27-20)16-6-2-3-9-21-16/h2-10,13H,11-12H2,1H3,(H,22,23,25). The van der Waals surface area contributed by atoms with Crippen LogP contribution >= 0.6 is 11.3 Å². The SMILES string of the molecule is COCCn1ccc2c(C(=O)Nc3nc(-c4ccccn4)cs3)cccc21. The zero-order chi connectivity index (χ0) is 18.6. The van der Waals surface area contributed by atoms with E-state index in [0.29, 0.717) is 17.3 Å². The van der Waals surface area contributed by atoms with E-state index < -0.39 is 0 Å². The number of nitrogens with one attached hydrogen (secondary N) is 1. The lowest BCUT2D eigenvalue weighted by atomic mass is 10.1. The summed E-state index contributed by atoms with van der Waals surface area (Å²) in [4.78, 5) is 21.6. The molecule has 0 aliphatic heterocycles. The quantitative estimate of drug-likeness (QED) is 0.549. The highest BCUT2D eigenvalue weighted by molar-refractivity contribution is 7.14. The second kappa shape index (κ2) is 7.69. The maximum atomic E-state index is 12.8. The van der Waals surface area contributed by atoms with Crippen LogP contribution in [0.4, 0.5) is 5.13 Å². The Morgan fingerprint density at radius 2 is 2.11 bits per heavy atom. The minimum absolute atomic E-state index is 0.174. The summed E-state index contributed by atoms with van der Waals surface area (Å²) in [5.41, 5.74) is 3.16. The molecule has 4 aromatic rings. The molecule has 0 atom stereocenters. The van der Waals surface area contributed by atoms with Gasteiger partial charge >= 0.3 is 0 Å². The van der Waals surface area contributed by atoms with Crippen LogP contribution in [0.1, 0.15) is 10.4 Å². The monoisotopic (exact) mass is 378 g/mol. The van der Waals surface area contributed by atoms with Gasteiger partial charge in [0, 0.05) is 47.9 Å². The van der Waals surface area contributed by atoms with E-state index in [9.17, 15) is 4.79 Å². The molecule has 0 saturated heterocycles. The molecule has 0 fully saturated rings. The summed E-state index contributed by atoms with van der Waals surface area (Å²) in [7, 11) is 1.68. The summed E-state index contributed by atoms with van der Waals surface area (Å²) in [5, 5.41) is 6.25. The van der Waals surface area contributed by atoms with Crippen LogP contribution in [-0.4, -0.2) is 34.2 Å². The van der Waals surface area contributed by atoms with E-state index in [1.54, 1.807) is 13.3 Å². The lowest BCUT2D eigenvalue weighted by Crippen LogP contribution is -2.12. The van der Waals surface area contributed by atoms with E-state index >= 15 is 0 Å². The minimum Gasteiger partial charge on any atom is -0.383 e. The molecule has 1 aromatic carbocycles. The normalized spacial score (nSPS) is 11.0. The largest absolute Gasteiger partial charge is 0.383 e. The Labute approximate surface area is 160 Å². The number of benzene rings is 1. The molecule has 0 unspecified atom stereocenters. The summed E-state index contributed by atoms with van der Waals surface area (Å²) in [6.45, 7) is 1.36. The predicted octanol–water partition coefficient (Wildman–Crippen LogP) is 4.06. The highest BCUT2D eigenvalue weighted by atomic mass is 32.1. The van der Waals surface area contributed by atoms with Crippen molar-refractivity contribution < 1.29 is 9.53 Å². The molecule has 1 amide bonds. The van der Waals surface area contributed by atoms with Crippen LogP contribution in [0.15, 0.2) is 60.2 Å². The number of aromatic nitrogens is 3. The number of carbonyl (C=O) groups excluding carboxylic acids is 1. The average molecular weight is 378 g/mol. The zero-order valence-corrected chi connectivity index (χ0v) is 15.6. The Hall–Kier alpha value is -3.03. The number of amides is 1. The Morgan fingerprint density at radius 1 is 1.19 bits per heavy atom. The number of pyridine rings is 1. The van der Waals surface area contributed by atoms with Gasteiger partial charge in [0.1, 0.15) is 5.69 Å².